The van der Waals surface area contributed by atoms with E-state index in [9.17, 15) is 9.59 Å². The van der Waals surface area contributed by atoms with Gasteiger partial charge in [0.2, 0.25) is 11.8 Å². The molecule has 1 aliphatic heterocycles. The van der Waals surface area contributed by atoms with Crippen LogP contribution in [0.2, 0.25) is 0 Å². The summed E-state index contributed by atoms with van der Waals surface area (Å²) in [5, 5.41) is 9.25. The first-order valence-corrected chi connectivity index (χ1v) is 9.89. The quantitative estimate of drug-likeness (QED) is 0.573. The number of carbonyl (C=O) groups is 2. The molecule has 2 rings (SSSR count). The molecule has 3 N–H and O–H groups in total. The number of nitrogens with one attached hydrogen (secondary N) is 3. The molecule has 1 saturated heterocycles. The van der Waals surface area contributed by atoms with Crippen molar-refractivity contribution in [3.63, 3.8) is 0 Å². The van der Waals surface area contributed by atoms with Crippen molar-refractivity contribution in [3.05, 3.63) is 0 Å². The fourth-order valence-corrected chi connectivity index (χ4v) is 4.07. The van der Waals surface area contributed by atoms with E-state index in [1.54, 1.807) is 0 Å². The van der Waals surface area contributed by atoms with E-state index in [1.165, 1.54) is 44.9 Å². The fourth-order valence-electron chi connectivity index (χ4n) is 4.07. The van der Waals surface area contributed by atoms with Gasteiger partial charge >= 0.3 is 0 Å². The Bertz CT molecular complexity index is 394. The summed E-state index contributed by atoms with van der Waals surface area (Å²) in [5.41, 5.74) is 0. The number of rotatable bonds is 8. The van der Waals surface area contributed by atoms with E-state index in [1.807, 2.05) is 0 Å². The van der Waals surface area contributed by atoms with Crippen LogP contribution in [0.25, 0.3) is 0 Å². The van der Waals surface area contributed by atoms with Crippen LogP contribution in [0.5, 0.6) is 0 Å². The Morgan fingerprint density at radius 2 is 1.56 bits per heavy atom. The number of halogens is 1. The third-order valence-electron chi connectivity index (χ3n) is 5.66. The van der Waals surface area contributed by atoms with Crippen molar-refractivity contribution in [2.75, 3.05) is 26.2 Å². The van der Waals surface area contributed by atoms with Gasteiger partial charge in [-0.05, 0) is 56.5 Å². The zero-order valence-electron chi connectivity index (χ0n) is 15.6. The van der Waals surface area contributed by atoms with Crippen LogP contribution in [0.1, 0.15) is 64.7 Å². The standard InChI is InChI=1S/C19H35N3O2.ClH/c1-15(17-7-9-20-10-8-17)13-18(23)21-11-12-22-19(24)14-16-5-3-2-4-6-16;/h15-17,20H,2-14H2,1H3,(H,21,23)(H,22,24);1H. The van der Waals surface area contributed by atoms with Crippen molar-refractivity contribution in [3.8, 4) is 0 Å². The largest absolute Gasteiger partial charge is 0.354 e. The molecule has 2 aliphatic rings. The molecule has 0 aromatic carbocycles. The maximum atomic E-state index is 12.0. The van der Waals surface area contributed by atoms with Crippen LogP contribution in [0.4, 0.5) is 0 Å². The average Bonchev–Trinajstić information content (AvgIpc) is 2.60. The Morgan fingerprint density at radius 3 is 2.20 bits per heavy atom. The van der Waals surface area contributed by atoms with Gasteiger partial charge in [-0.3, -0.25) is 9.59 Å². The second-order valence-corrected chi connectivity index (χ2v) is 7.68. The van der Waals surface area contributed by atoms with Crippen molar-refractivity contribution in [1.29, 1.82) is 0 Å². The maximum absolute atomic E-state index is 12.0. The minimum Gasteiger partial charge on any atom is -0.354 e. The van der Waals surface area contributed by atoms with E-state index in [4.69, 9.17) is 0 Å². The summed E-state index contributed by atoms with van der Waals surface area (Å²) in [7, 11) is 0. The molecule has 6 heteroatoms. The van der Waals surface area contributed by atoms with Gasteiger partial charge in [0.1, 0.15) is 0 Å². The molecule has 0 radical (unpaired) electrons. The molecule has 0 bridgehead atoms. The normalized spacial score (nSPS) is 20.4. The molecule has 0 spiro atoms. The highest BCUT2D eigenvalue weighted by Crippen LogP contribution is 2.26. The lowest BCUT2D eigenvalue weighted by atomic mass is 9.84. The Hall–Kier alpha value is -0.810. The minimum absolute atomic E-state index is 0. The first-order chi connectivity index (χ1) is 11.6. The second-order valence-electron chi connectivity index (χ2n) is 7.68. The lowest BCUT2D eigenvalue weighted by Gasteiger charge is -2.27. The van der Waals surface area contributed by atoms with Crippen LogP contribution in [-0.2, 0) is 9.59 Å². The Morgan fingerprint density at radius 1 is 0.960 bits per heavy atom. The molecule has 1 unspecified atom stereocenters. The molecule has 2 fully saturated rings. The van der Waals surface area contributed by atoms with Crippen LogP contribution in [-0.4, -0.2) is 38.0 Å². The summed E-state index contributed by atoms with van der Waals surface area (Å²) in [5.74, 6) is 1.92. The first-order valence-electron chi connectivity index (χ1n) is 9.89. The molecule has 1 heterocycles. The minimum atomic E-state index is 0. The van der Waals surface area contributed by atoms with Gasteiger partial charge in [0.25, 0.3) is 0 Å². The van der Waals surface area contributed by atoms with Crippen molar-refractivity contribution in [2.45, 2.75) is 64.7 Å². The number of piperidine rings is 1. The first kappa shape index (κ1) is 22.2. The Kier molecular flexibility index (Phi) is 11.1. The van der Waals surface area contributed by atoms with E-state index >= 15 is 0 Å². The molecule has 0 aromatic rings. The summed E-state index contributed by atoms with van der Waals surface area (Å²) in [6, 6.07) is 0. The highest BCUT2D eigenvalue weighted by Gasteiger charge is 2.22. The summed E-state index contributed by atoms with van der Waals surface area (Å²) in [6.45, 7) is 5.40. The fraction of sp³-hybridized carbons (Fsp3) is 0.895. The van der Waals surface area contributed by atoms with Gasteiger partial charge in [-0.1, -0.05) is 26.2 Å². The molecular weight excluding hydrogens is 338 g/mol. The van der Waals surface area contributed by atoms with Gasteiger partial charge in [-0.25, -0.2) is 0 Å². The molecule has 25 heavy (non-hydrogen) atoms. The Balaban J connectivity index is 0.00000312. The molecule has 1 atom stereocenters. The number of hydrogen-bond acceptors (Lipinski definition) is 3. The van der Waals surface area contributed by atoms with Gasteiger partial charge in [-0.2, -0.15) is 0 Å². The van der Waals surface area contributed by atoms with Crippen LogP contribution in [0.15, 0.2) is 0 Å². The maximum Gasteiger partial charge on any atom is 0.220 e. The van der Waals surface area contributed by atoms with Crippen molar-refractivity contribution in [2.24, 2.45) is 17.8 Å². The summed E-state index contributed by atoms with van der Waals surface area (Å²) >= 11 is 0. The van der Waals surface area contributed by atoms with Gasteiger partial charge in [0, 0.05) is 25.9 Å². The van der Waals surface area contributed by atoms with E-state index in [2.05, 4.69) is 22.9 Å². The lowest BCUT2D eigenvalue weighted by Crippen LogP contribution is -2.37. The van der Waals surface area contributed by atoms with Gasteiger partial charge in [-0.15, -0.1) is 12.4 Å². The van der Waals surface area contributed by atoms with Gasteiger partial charge < -0.3 is 16.0 Å². The number of amides is 2. The molecule has 1 saturated carbocycles. The molecule has 5 nitrogen and oxygen atoms in total. The lowest BCUT2D eigenvalue weighted by molar-refractivity contribution is -0.124. The van der Waals surface area contributed by atoms with Crippen LogP contribution >= 0.6 is 12.4 Å². The summed E-state index contributed by atoms with van der Waals surface area (Å²) < 4.78 is 0. The predicted octanol–water partition coefficient (Wildman–Crippen LogP) is 2.64. The summed E-state index contributed by atoms with van der Waals surface area (Å²) in [6.07, 6.45) is 9.84. The third kappa shape index (κ3) is 8.91. The Labute approximate surface area is 158 Å². The number of carbonyl (C=O) groups excluding carboxylic acids is 2. The smallest absolute Gasteiger partial charge is 0.220 e. The number of hydrogen-bond donors (Lipinski definition) is 3. The SMILES string of the molecule is CC(CC(=O)NCCNC(=O)CC1CCCCC1)C1CCNCC1.Cl. The van der Waals surface area contributed by atoms with Crippen LogP contribution in [0, 0.1) is 17.8 Å². The molecule has 146 valence electrons. The zero-order valence-corrected chi connectivity index (χ0v) is 16.5. The van der Waals surface area contributed by atoms with E-state index in [0.717, 1.165) is 13.1 Å². The van der Waals surface area contributed by atoms with Crippen molar-refractivity contribution in [1.82, 2.24) is 16.0 Å². The monoisotopic (exact) mass is 373 g/mol. The molecule has 1 aliphatic carbocycles. The van der Waals surface area contributed by atoms with E-state index < -0.39 is 0 Å². The predicted molar refractivity (Wildman–Crippen MR) is 104 cm³/mol. The van der Waals surface area contributed by atoms with Crippen LogP contribution in [0.3, 0.4) is 0 Å². The molecular formula is C19H36ClN3O2. The topological polar surface area (TPSA) is 70.2 Å². The van der Waals surface area contributed by atoms with E-state index in [-0.39, 0.29) is 24.2 Å². The zero-order chi connectivity index (χ0) is 17.2. The second kappa shape index (κ2) is 12.5. The van der Waals surface area contributed by atoms with Crippen molar-refractivity contribution >= 4 is 24.2 Å². The van der Waals surface area contributed by atoms with Crippen molar-refractivity contribution < 1.29 is 9.59 Å². The highest BCUT2D eigenvalue weighted by molar-refractivity contribution is 5.85. The molecule has 2 amide bonds. The van der Waals surface area contributed by atoms with Gasteiger partial charge in [0.15, 0.2) is 0 Å². The highest BCUT2D eigenvalue weighted by atomic mass is 35.5. The average molecular weight is 374 g/mol. The third-order valence-corrected chi connectivity index (χ3v) is 5.66. The van der Waals surface area contributed by atoms with Crippen LogP contribution < -0.4 is 16.0 Å². The van der Waals surface area contributed by atoms with Gasteiger partial charge in [0.05, 0.1) is 0 Å². The molecule has 0 aromatic heterocycles. The van der Waals surface area contributed by atoms with E-state index in [0.29, 0.717) is 43.7 Å². The summed E-state index contributed by atoms with van der Waals surface area (Å²) in [4.78, 5) is 23.9.